The monoisotopic (exact) mass is 281 g/mol. The van der Waals surface area contributed by atoms with Crippen LogP contribution in [0.5, 0.6) is 0 Å². The first kappa shape index (κ1) is 13.7. The van der Waals surface area contributed by atoms with E-state index in [4.69, 9.17) is 0 Å². The predicted molar refractivity (Wildman–Crippen MR) is 83.8 cm³/mol. The van der Waals surface area contributed by atoms with Gasteiger partial charge in [-0.05, 0) is 42.2 Å². The Morgan fingerprint density at radius 3 is 2.48 bits per heavy atom. The summed E-state index contributed by atoms with van der Waals surface area (Å²) in [5.41, 5.74) is 5.78. The zero-order valence-corrected chi connectivity index (χ0v) is 12.3. The van der Waals surface area contributed by atoms with E-state index in [1.165, 1.54) is 16.7 Å². The van der Waals surface area contributed by atoms with Crippen LogP contribution in [0.4, 0.5) is 5.69 Å². The Kier molecular flexibility index (Phi) is 3.42. The molecule has 1 unspecified atom stereocenters. The molecular formula is C18H19NO2. The molecule has 0 amide bonds. The van der Waals surface area contributed by atoms with Gasteiger partial charge in [-0.3, -0.25) is 4.79 Å². The van der Waals surface area contributed by atoms with Gasteiger partial charge in [0, 0.05) is 18.8 Å². The number of para-hydroxylation sites is 1. The van der Waals surface area contributed by atoms with E-state index in [0.717, 1.165) is 17.8 Å². The van der Waals surface area contributed by atoms with Gasteiger partial charge in [0.05, 0.1) is 0 Å². The number of carboxylic acid groups (broad SMARTS) is 1. The molecule has 3 heteroatoms. The molecule has 1 N–H and O–H groups in total. The topological polar surface area (TPSA) is 40.5 Å². The van der Waals surface area contributed by atoms with Gasteiger partial charge in [0.15, 0.2) is 0 Å². The highest BCUT2D eigenvalue weighted by Crippen LogP contribution is 2.37. The zero-order valence-electron chi connectivity index (χ0n) is 12.3. The summed E-state index contributed by atoms with van der Waals surface area (Å²) >= 11 is 0. The maximum Gasteiger partial charge on any atom is 0.312 e. The van der Waals surface area contributed by atoms with Crippen molar-refractivity contribution in [1.82, 2.24) is 0 Å². The first-order valence-corrected chi connectivity index (χ1v) is 7.19. The normalized spacial score (nSPS) is 16.9. The minimum Gasteiger partial charge on any atom is -0.481 e. The Morgan fingerprint density at radius 2 is 1.81 bits per heavy atom. The number of carbonyl (C=O) groups is 1. The van der Waals surface area contributed by atoms with Gasteiger partial charge in [0.1, 0.15) is 5.92 Å². The highest BCUT2D eigenvalue weighted by Gasteiger charge is 2.33. The van der Waals surface area contributed by atoms with Crippen LogP contribution in [0, 0.1) is 13.8 Å². The summed E-state index contributed by atoms with van der Waals surface area (Å²) in [6.07, 6.45) is 0. The van der Waals surface area contributed by atoms with Crippen molar-refractivity contribution in [2.24, 2.45) is 0 Å². The summed E-state index contributed by atoms with van der Waals surface area (Å²) in [6, 6.07) is 14.1. The average Bonchev–Trinajstić information content (AvgIpc) is 2.82. The molecule has 0 saturated heterocycles. The molecule has 0 bridgehead atoms. The highest BCUT2D eigenvalue weighted by atomic mass is 16.4. The SMILES string of the molecule is Cc1cccc(C)c1CN1CC(C(=O)O)c2ccccc21. The van der Waals surface area contributed by atoms with Gasteiger partial charge in [-0.2, -0.15) is 0 Å². The Hall–Kier alpha value is -2.29. The van der Waals surface area contributed by atoms with Crippen molar-refractivity contribution >= 4 is 11.7 Å². The van der Waals surface area contributed by atoms with Crippen molar-refractivity contribution < 1.29 is 9.90 Å². The van der Waals surface area contributed by atoms with Crippen LogP contribution in [-0.4, -0.2) is 17.6 Å². The summed E-state index contributed by atoms with van der Waals surface area (Å²) < 4.78 is 0. The Morgan fingerprint density at radius 1 is 1.14 bits per heavy atom. The third-order valence-corrected chi connectivity index (χ3v) is 4.35. The second-order valence-electron chi connectivity index (χ2n) is 5.70. The molecule has 2 aromatic rings. The molecule has 0 aromatic heterocycles. The van der Waals surface area contributed by atoms with Crippen LogP contribution in [0.1, 0.15) is 28.2 Å². The van der Waals surface area contributed by atoms with Crippen LogP contribution in [0.2, 0.25) is 0 Å². The number of nitrogens with zero attached hydrogens (tertiary/aromatic N) is 1. The molecule has 0 aliphatic carbocycles. The molecule has 1 aliphatic rings. The molecule has 21 heavy (non-hydrogen) atoms. The van der Waals surface area contributed by atoms with Gasteiger partial charge in [0.2, 0.25) is 0 Å². The lowest BCUT2D eigenvalue weighted by molar-refractivity contribution is -0.138. The molecule has 3 rings (SSSR count). The van der Waals surface area contributed by atoms with Gasteiger partial charge < -0.3 is 10.0 Å². The number of hydrogen-bond donors (Lipinski definition) is 1. The predicted octanol–water partition coefficient (Wildman–Crippen LogP) is 3.49. The number of anilines is 1. The van der Waals surface area contributed by atoms with E-state index in [1.807, 2.05) is 24.3 Å². The summed E-state index contributed by atoms with van der Waals surface area (Å²) in [6.45, 7) is 5.53. The maximum absolute atomic E-state index is 11.5. The van der Waals surface area contributed by atoms with Crippen LogP contribution in [0.3, 0.4) is 0 Å². The second-order valence-corrected chi connectivity index (χ2v) is 5.70. The molecule has 1 heterocycles. The number of rotatable bonds is 3. The lowest BCUT2D eigenvalue weighted by Crippen LogP contribution is -2.24. The van der Waals surface area contributed by atoms with Crippen molar-refractivity contribution in [2.75, 3.05) is 11.4 Å². The van der Waals surface area contributed by atoms with Crippen molar-refractivity contribution in [3.8, 4) is 0 Å². The van der Waals surface area contributed by atoms with E-state index in [2.05, 4.69) is 36.9 Å². The van der Waals surface area contributed by atoms with Crippen molar-refractivity contribution in [3.05, 3.63) is 64.7 Å². The summed E-state index contributed by atoms with van der Waals surface area (Å²) in [5, 5.41) is 9.43. The molecule has 0 radical (unpaired) electrons. The van der Waals surface area contributed by atoms with E-state index in [9.17, 15) is 9.90 Å². The average molecular weight is 281 g/mol. The number of fused-ring (bicyclic) bond motifs is 1. The molecule has 2 aromatic carbocycles. The Bertz CT molecular complexity index is 673. The minimum absolute atomic E-state index is 0.425. The Labute approximate surface area is 124 Å². The molecule has 1 aliphatic heterocycles. The first-order chi connectivity index (χ1) is 10.1. The number of aliphatic carboxylic acids is 1. The lowest BCUT2D eigenvalue weighted by atomic mass is 10.0. The molecule has 1 atom stereocenters. The minimum atomic E-state index is -0.744. The zero-order chi connectivity index (χ0) is 15.0. The second kappa shape index (κ2) is 5.24. The smallest absolute Gasteiger partial charge is 0.312 e. The van der Waals surface area contributed by atoms with E-state index < -0.39 is 11.9 Å². The van der Waals surface area contributed by atoms with Crippen LogP contribution < -0.4 is 4.90 Å². The fraction of sp³-hybridized carbons (Fsp3) is 0.278. The summed E-state index contributed by atoms with van der Waals surface area (Å²) in [7, 11) is 0. The van der Waals surface area contributed by atoms with Gasteiger partial charge >= 0.3 is 5.97 Å². The largest absolute Gasteiger partial charge is 0.481 e. The standard InChI is InChI=1S/C18H19NO2/c1-12-6-5-7-13(2)15(12)10-19-11-16(18(20)21)14-8-3-4-9-17(14)19/h3-9,16H,10-11H2,1-2H3,(H,20,21). The third-order valence-electron chi connectivity index (χ3n) is 4.35. The van der Waals surface area contributed by atoms with E-state index in [0.29, 0.717) is 6.54 Å². The molecule has 3 nitrogen and oxygen atoms in total. The molecule has 108 valence electrons. The van der Waals surface area contributed by atoms with Gasteiger partial charge in [-0.25, -0.2) is 0 Å². The molecule has 0 saturated carbocycles. The number of carboxylic acids is 1. The van der Waals surface area contributed by atoms with Crippen LogP contribution in [-0.2, 0) is 11.3 Å². The quantitative estimate of drug-likeness (QED) is 0.936. The van der Waals surface area contributed by atoms with Crippen molar-refractivity contribution in [3.63, 3.8) is 0 Å². The van der Waals surface area contributed by atoms with Crippen LogP contribution in [0.25, 0.3) is 0 Å². The maximum atomic E-state index is 11.5. The number of aryl methyl sites for hydroxylation is 2. The molecule has 0 fully saturated rings. The lowest BCUT2D eigenvalue weighted by Gasteiger charge is -2.22. The van der Waals surface area contributed by atoms with Crippen LogP contribution in [0.15, 0.2) is 42.5 Å². The fourth-order valence-electron chi connectivity index (χ4n) is 3.14. The molecule has 0 spiro atoms. The Balaban J connectivity index is 1.96. The van der Waals surface area contributed by atoms with Gasteiger partial charge in [-0.1, -0.05) is 36.4 Å². The number of benzene rings is 2. The number of hydrogen-bond acceptors (Lipinski definition) is 2. The molecular weight excluding hydrogens is 262 g/mol. The van der Waals surface area contributed by atoms with Gasteiger partial charge in [0.25, 0.3) is 0 Å². The van der Waals surface area contributed by atoms with Crippen LogP contribution >= 0.6 is 0 Å². The van der Waals surface area contributed by atoms with E-state index >= 15 is 0 Å². The van der Waals surface area contributed by atoms with E-state index in [1.54, 1.807) is 0 Å². The summed E-state index contributed by atoms with van der Waals surface area (Å²) in [5.74, 6) is -1.17. The highest BCUT2D eigenvalue weighted by molar-refractivity contribution is 5.83. The first-order valence-electron chi connectivity index (χ1n) is 7.19. The summed E-state index contributed by atoms with van der Waals surface area (Å²) in [4.78, 5) is 13.7. The van der Waals surface area contributed by atoms with E-state index in [-0.39, 0.29) is 0 Å². The third kappa shape index (κ3) is 2.40. The van der Waals surface area contributed by atoms with Crippen molar-refractivity contribution in [2.45, 2.75) is 26.3 Å². The van der Waals surface area contributed by atoms with Gasteiger partial charge in [-0.15, -0.1) is 0 Å². The van der Waals surface area contributed by atoms with Crippen molar-refractivity contribution in [1.29, 1.82) is 0 Å². The fourth-order valence-corrected chi connectivity index (χ4v) is 3.14.